The summed E-state index contributed by atoms with van der Waals surface area (Å²) in [5.74, 6) is 1.17. The van der Waals surface area contributed by atoms with E-state index < -0.39 is 17.4 Å². The minimum Gasteiger partial charge on any atom is -0.497 e. The van der Waals surface area contributed by atoms with Gasteiger partial charge < -0.3 is 13.9 Å². The second-order valence-corrected chi connectivity index (χ2v) is 9.95. The summed E-state index contributed by atoms with van der Waals surface area (Å²) in [4.78, 5) is 15.6. The van der Waals surface area contributed by atoms with Crippen molar-refractivity contribution in [3.8, 4) is 22.6 Å². The maximum Gasteiger partial charge on any atom is 0.417 e. The topological polar surface area (TPSA) is 51.9 Å². The van der Waals surface area contributed by atoms with E-state index in [1.54, 1.807) is 18.2 Å². The van der Waals surface area contributed by atoms with Crippen LogP contribution in [-0.4, -0.2) is 38.3 Å². The van der Waals surface area contributed by atoms with Crippen LogP contribution in [-0.2, 0) is 12.6 Å². The Balaban J connectivity index is 1.54. The Hall–Kier alpha value is -3.49. The molecule has 0 spiro atoms. The van der Waals surface area contributed by atoms with E-state index in [1.807, 2.05) is 24.3 Å². The molecule has 0 atom stereocenters. The SMILES string of the molecule is COc1ccc2c(Cc3ccc(OCCN4CCCC4)cc3)c(-c3ccc(Cl)cc3C(F)(F)F)c(=O)oc2c1. The normalized spacial score (nSPS) is 14.2. The maximum atomic E-state index is 14.0. The van der Waals surface area contributed by atoms with Crippen molar-refractivity contribution in [1.29, 1.82) is 0 Å². The fraction of sp³-hybridized carbons (Fsp3) is 0.300. The van der Waals surface area contributed by atoms with Gasteiger partial charge in [0.1, 0.15) is 23.7 Å². The molecule has 1 saturated heterocycles. The van der Waals surface area contributed by atoms with Crippen molar-refractivity contribution in [2.24, 2.45) is 0 Å². The second kappa shape index (κ2) is 11.3. The zero-order valence-electron chi connectivity index (χ0n) is 21.3. The van der Waals surface area contributed by atoms with Crippen molar-refractivity contribution in [3.63, 3.8) is 0 Å². The highest BCUT2D eigenvalue weighted by Gasteiger charge is 2.35. The number of alkyl halides is 3. The molecule has 0 unspecified atom stereocenters. The summed E-state index contributed by atoms with van der Waals surface area (Å²) < 4.78 is 58.8. The highest BCUT2D eigenvalue weighted by atomic mass is 35.5. The molecule has 0 saturated carbocycles. The van der Waals surface area contributed by atoms with Crippen LogP contribution < -0.4 is 15.1 Å². The van der Waals surface area contributed by atoms with E-state index in [1.165, 1.54) is 32.1 Å². The van der Waals surface area contributed by atoms with Gasteiger partial charge in [-0.25, -0.2) is 4.79 Å². The molecule has 0 aliphatic carbocycles. The molecule has 2 heterocycles. The highest BCUT2D eigenvalue weighted by Crippen LogP contribution is 2.40. The molecule has 1 aromatic heterocycles. The van der Waals surface area contributed by atoms with Crippen LogP contribution in [0.4, 0.5) is 13.2 Å². The molecule has 0 bridgehead atoms. The van der Waals surface area contributed by atoms with Gasteiger partial charge in [-0.1, -0.05) is 29.8 Å². The van der Waals surface area contributed by atoms with Crippen molar-refractivity contribution in [3.05, 3.63) is 92.8 Å². The molecule has 9 heteroatoms. The lowest BCUT2D eigenvalue weighted by Crippen LogP contribution is -2.25. The van der Waals surface area contributed by atoms with Crippen molar-refractivity contribution in [2.45, 2.75) is 25.4 Å². The maximum absolute atomic E-state index is 14.0. The predicted molar refractivity (Wildman–Crippen MR) is 145 cm³/mol. The van der Waals surface area contributed by atoms with Crippen molar-refractivity contribution < 1.29 is 27.1 Å². The van der Waals surface area contributed by atoms with Crippen molar-refractivity contribution in [1.82, 2.24) is 4.90 Å². The minimum atomic E-state index is -4.73. The predicted octanol–water partition coefficient (Wildman–Crippen LogP) is 7.21. The first-order valence-electron chi connectivity index (χ1n) is 12.7. The molecule has 4 aromatic rings. The number of hydrogen-bond donors (Lipinski definition) is 0. The van der Waals surface area contributed by atoms with Crippen LogP contribution in [0.25, 0.3) is 22.1 Å². The molecular weight excluding hydrogens is 531 g/mol. The van der Waals surface area contributed by atoms with Gasteiger partial charge in [0, 0.05) is 28.6 Å². The number of methoxy groups -OCH3 is 1. The van der Waals surface area contributed by atoms with Crippen molar-refractivity contribution >= 4 is 22.6 Å². The van der Waals surface area contributed by atoms with Gasteiger partial charge in [0.2, 0.25) is 0 Å². The van der Waals surface area contributed by atoms with Gasteiger partial charge in [-0.2, -0.15) is 13.2 Å². The van der Waals surface area contributed by atoms with Gasteiger partial charge in [-0.15, -0.1) is 0 Å². The number of halogens is 4. The largest absolute Gasteiger partial charge is 0.497 e. The fourth-order valence-corrected chi connectivity index (χ4v) is 5.18. The highest BCUT2D eigenvalue weighted by molar-refractivity contribution is 6.30. The minimum absolute atomic E-state index is 0.0807. The van der Waals surface area contributed by atoms with Gasteiger partial charge in [-0.3, -0.25) is 4.90 Å². The molecule has 3 aromatic carbocycles. The van der Waals surface area contributed by atoms with E-state index in [2.05, 4.69) is 4.90 Å². The Labute approximate surface area is 228 Å². The third kappa shape index (κ3) is 6.07. The quantitative estimate of drug-likeness (QED) is 0.214. The van der Waals surface area contributed by atoms with Crippen LogP contribution >= 0.6 is 11.6 Å². The molecule has 1 fully saturated rings. The Morgan fingerprint density at radius 3 is 2.38 bits per heavy atom. The number of hydrogen-bond acceptors (Lipinski definition) is 5. The molecule has 39 heavy (non-hydrogen) atoms. The second-order valence-electron chi connectivity index (χ2n) is 9.51. The molecule has 5 nitrogen and oxygen atoms in total. The molecule has 0 N–H and O–H groups in total. The molecule has 0 amide bonds. The number of fused-ring (bicyclic) bond motifs is 1. The number of rotatable bonds is 8. The molecule has 5 rings (SSSR count). The Morgan fingerprint density at radius 1 is 0.974 bits per heavy atom. The van der Waals surface area contributed by atoms with E-state index in [9.17, 15) is 18.0 Å². The number of likely N-dealkylation sites (tertiary alicyclic amines) is 1. The van der Waals surface area contributed by atoms with Gasteiger partial charge in [0.05, 0.1) is 18.2 Å². The summed E-state index contributed by atoms with van der Waals surface area (Å²) in [5.41, 5.74) is -0.869. The lowest BCUT2D eigenvalue weighted by Gasteiger charge is -2.17. The third-order valence-corrected chi connectivity index (χ3v) is 7.19. The van der Waals surface area contributed by atoms with E-state index in [-0.39, 0.29) is 28.2 Å². The summed E-state index contributed by atoms with van der Waals surface area (Å²) in [6, 6.07) is 15.7. The molecule has 1 aliphatic rings. The Morgan fingerprint density at radius 2 is 1.69 bits per heavy atom. The van der Waals surface area contributed by atoms with Gasteiger partial charge >= 0.3 is 11.8 Å². The zero-order chi connectivity index (χ0) is 27.6. The average molecular weight is 558 g/mol. The Kier molecular flexibility index (Phi) is 7.86. The Bertz CT molecular complexity index is 1530. The number of nitrogens with zero attached hydrogens (tertiary/aromatic N) is 1. The van der Waals surface area contributed by atoms with Crippen LogP contribution in [0.15, 0.2) is 69.9 Å². The fourth-order valence-electron chi connectivity index (χ4n) is 5.00. The summed E-state index contributed by atoms with van der Waals surface area (Å²) in [7, 11) is 1.48. The third-order valence-electron chi connectivity index (χ3n) is 6.96. The van der Waals surface area contributed by atoms with Gasteiger partial charge in [0.15, 0.2) is 0 Å². The van der Waals surface area contributed by atoms with E-state index in [0.717, 1.165) is 31.3 Å². The standard InChI is InChI=1S/C30H27ClF3NO4/c1-37-22-9-11-23-25(16-19-4-7-21(8-5-19)38-15-14-35-12-2-3-13-35)28(29(36)39-27(23)18-22)24-10-6-20(31)17-26(24)30(32,33)34/h4-11,17-18H,2-3,12-16H2,1H3. The molecule has 0 radical (unpaired) electrons. The summed E-state index contributed by atoms with van der Waals surface area (Å²) in [6.07, 6.45) is -2.10. The first kappa shape index (κ1) is 27.1. The molecule has 1 aliphatic heterocycles. The van der Waals surface area contributed by atoms with E-state index in [0.29, 0.717) is 29.1 Å². The van der Waals surface area contributed by atoms with E-state index >= 15 is 0 Å². The average Bonchev–Trinajstić information content (AvgIpc) is 3.43. The van der Waals surface area contributed by atoms with Crippen molar-refractivity contribution in [2.75, 3.05) is 33.4 Å². The van der Waals surface area contributed by atoms with Gasteiger partial charge in [-0.05, 0) is 79.9 Å². The monoisotopic (exact) mass is 557 g/mol. The number of benzene rings is 3. The van der Waals surface area contributed by atoms with Crippen LogP contribution in [0.5, 0.6) is 11.5 Å². The van der Waals surface area contributed by atoms with Gasteiger partial charge in [0.25, 0.3) is 0 Å². The lowest BCUT2D eigenvalue weighted by atomic mass is 9.91. The zero-order valence-corrected chi connectivity index (χ0v) is 22.1. The van der Waals surface area contributed by atoms with Crippen LogP contribution in [0.3, 0.4) is 0 Å². The number of ether oxygens (including phenoxy) is 2. The van der Waals surface area contributed by atoms with E-state index in [4.69, 9.17) is 25.5 Å². The lowest BCUT2D eigenvalue weighted by molar-refractivity contribution is -0.137. The van der Waals surface area contributed by atoms with Crippen LogP contribution in [0.1, 0.15) is 29.5 Å². The first-order chi connectivity index (χ1) is 18.7. The first-order valence-corrected chi connectivity index (χ1v) is 13.1. The smallest absolute Gasteiger partial charge is 0.417 e. The summed E-state index contributed by atoms with van der Waals surface area (Å²) >= 11 is 5.91. The molecular formula is C30H27ClF3NO4. The molecule has 204 valence electrons. The van der Waals surface area contributed by atoms with Crippen LogP contribution in [0, 0.1) is 0 Å². The summed E-state index contributed by atoms with van der Waals surface area (Å²) in [6.45, 7) is 3.63. The summed E-state index contributed by atoms with van der Waals surface area (Å²) in [5, 5.41) is 0.433. The van der Waals surface area contributed by atoms with Crippen LogP contribution in [0.2, 0.25) is 5.02 Å².